The molecule has 0 aliphatic rings. The first kappa shape index (κ1) is 11.4. The number of hydrogen-bond acceptors (Lipinski definition) is 4. The van der Waals surface area contributed by atoms with E-state index in [1.54, 1.807) is 4.57 Å². The van der Waals surface area contributed by atoms with Gasteiger partial charge in [-0.1, -0.05) is 0 Å². The molecule has 0 fully saturated rings. The van der Waals surface area contributed by atoms with E-state index in [0.29, 0.717) is 23.8 Å². The third kappa shape index (κ3) is 2.40. The highest BCUT2D eigenvalue weighted by Crippen LogP contribution is 2.09. The van der Waals surface area contributed by atoms with Crippen molar-refractivity contribution < 1.29 is 9.84 Å². The van der Waals surface area contributed by atoms with E-state index in [2.05, 4.69) is 10.2 Å². The fourth-order valence-corrected chi connectivity index (χ4v) is 1.60. The number of aromatic amines is 1. The van der Waals surface area contributed by atoms with Crippen LogP contribution >= 0.6 is 12.2 Å². The molecule has 0 saturated heterocycles. The van der Waals surface area contributed by atoms with Crippen molar-refractivity contribution in [3.63, 3.8) is 0 Å². The lowest BCUT2D eigenvalue weighted by atomic mass is 10.3. The molecular weight excluding hydrogens is 202 g/mol. The number of nitrogens with zero attached hydrogens (tertiary/aromatic N) is 2. The summed E-state index contributed by atoms with van der Waals surface area (Å²) in [7, 11) is 0. The average molecular weight is 217 g/mol. The number of H-pyrrole nitrogens is 1. The standard InChI is InChI=1S/C8H15N3O2S/c1-3-13-5-6(2)11-7(4-12)9-10-8(11)14/h6,12H,3-5H2,1-2H3,(H,10,14). The second-order valence-electron chi connectivity index (χ2n) is 2.98. The molecule has 1 aromatic heterocycles. The summed E-state index contributed by atoms with van der Waals surface area (Å²) in [5.41, 5.74) is 0. The van der Waals surface area contributed by atoms with Gasteiger partial charge >= 0.3 is 0 Å². The Kier molecular flexibility index (Phi) is 4.24. The van der Waals surface area contributed by atoms with E-state index >= 15 is 0 Å². The zero-order valence-electron chi connectivity index (χ0n) is 8.36. The molecule has 1 atom stereocenters. The molecule has 0 bridgehead atoms. The Morgan fingerprint density at radius 3 is 3.00 bits per heavy atom. The minimum Gasteiger partial charge on any atom is -0.388 e. The van der Waals surface area contributed by atoms with E-state index in [9.17, 15) is 0 Å². The van der Waals surface area contributed by atoms with E-state index < -0.39 is 0 Å². The molecule has 0 aliphatic carbocycles. The molecule has 0 spiro atoms. The number of nitrogens with one attached hydrogen (secondary N) is 1. The maximum atomic E-state index is 9.02. The summed E-state index contributed by atoms with van der Waals surface area (Å²) in [5.74, 6) is 0.544. The van der Waals surface area contributed by atoms with Gasteiger partial charge in [0.05, 0.1) is 12.6 Å². The molecule has 1 heterocycles. The van der Waals surface area contributed by atoms with Crippen LogP contribution in [0, 0.1) is 4.77 Å². The Bertz CT molecular complexity index is 334. The number of aliphatic hydroxyl groups is 1. The van der Waals surface area contributed by atoms with Gasteiger partial charge in [-0.2, -0.15) is 5.10 Å². The average Bonchev–Trinajstić information content (AvgIpc) is 2.56. The largest absolute Gasteiger partial charge is 0.388 e. The van der Waals surface area contributed by atoms with E-state index in [1.165, 1.54) is 0 Å². The van der Waals surface area contributed by atoms with Gasteiger partial charge in [0, 0.05) is 6.61 Å². The van der Waals surface area contributed by atoms with Crippen molar-refractivity contribution in [3.05, 3.63) is 10.6 Å². The van der Waals surface area contributed by atoms with Crippen molar-refractivity contribution in [2.75, 3.05) is 13.2 Å². The van der Waals surface area contributed by atoms with Crippen LogP contribution in [0.25, 0.3) is 0 Å². The van der Waals surface area contributed by atoms with Crippen molar-refractivity contribution >= 4 is 12.2 Å². The maximum absolute atomic E-state index is 9.02. The van der Waals surface area contributed by atoms with Gasteiger partial charge in [0.1, 0.15) is 6.61 Å². The van der Waals surface area contributed by atoms with Crippen molar-refractivity contribution in [1.29, 1.82) is 0 Å². The third-order valence-electron chi connectivity index (χ3n) is 1.92. The van der Waals surface area contributed by atoms with E-state index in [1.807, 2.05) is 13.8 Å². The SMILES string of the molecule is CCOCC(C)n1c(CO)n[nH]c1=S. The number of hydrogen-bond donors (Lipinski definition) is 2. The Labute approximate surface area is 87.7 Å². The highest BCUT2D eigenvalue weighted by atomic mass is 32.1. The fourth-order valence-electron chi connectivity index (χ4n) is 1.27. The van der Waals surface area contributed by atoms with Crippen molar-refractivity contribution in [2.45, 2.75) is 26.5 Å². The summed E-state index contributed by atoms with van der Waals surface area (Å²) in [6.45, 7) is 5.03. The number of aliphatic hydroxyl groups excluding tert-OH is 1. The van der Waals surface area contributed by atoms with Crippen LogP contribution in [-0.2, 0) is 11.3 Å². The summed E-state index contributed by atoms with van der Waals surface area (Å²) in [6, 6.07) is 0.0864. The first-order chi connectivity index (χ1) is 6.70. The van der Waals surface area contributed by atoms with Gasteiger partial charge < -0.3 is 9.84 Å². The van der Waals surface area contributed by atoms with Gasteiger partial charge in [-0.3, -0.25) is 9.67 Å². The molecule has 0 radical (unpaired) electrons. The second kappa shape index (κ2) is 5.23. The molecular formula is C8H15N3O2S. The topological polar surface area (TPSA) is 63.1 Å². The van der Waals surface area contributed by atoms with E-state index in [-0.39, 0.29) is 12.6 Å². The predicted octanol–water partition coefficient (Wildman–Crippen LogP) is 1.03. The highest BCUT2D eigenvalue weighted by molar-refractivity contribution is 7.71. The minimum atomic E-state index is -0.121. The zero-order chi connectivity index (χ0) is 10.6. The van der Waals surface area contributed by atoms with Gasteiger partial charge in [0.25, 0.3) is 0 Å². The Morgan fingerprint density at radius 1 is 1.71 bits per heavy atom. The van der Waals surface area contributed by atoms with Crippen LogP contribution in [0.5, 0.6) is 0 Å². The lowest BCUT2D eigenvalue weighted by Gasteiger charge is -2.14. The summed E-state index contributed by atoms with van der Waals surface area (Å²) in [4.78, 5) is 0. The molecule has 0 saturated carbocycles. The van der Waals surface area contributed by atoms with Gasteiger partial charge in [-0.15, -0.1) is 0 Å². The molecule has 5 nitrogen and oxygen atoms in total. The quantitative estimate of drug-likeness (QED) is 0.723. The molecule has 0 aromatic carbocycles. The Morgan fingerprint density at radius 2 is 2.43 bits per heavy atom. The Hall–Kier alpha value is -0.720. The third-order valence-corrected chi connectivity index (χ3v) is 2.21. The minimum absolute atomic E-state index is 0.0864. The van der Waals surface area contributed by atoms with Crippen LogP contribution < -0.4 is 0 Å². The van der Waals surface area contributed by atoms with Crippen LogP contribution in [0.2, 0.25) is 0 Å². The number of rotatable bonds is 5. The molecule has 1 rings (SSSR count). The van der Waals surface area contributed by atoms with Gasteiger partial charge in [0.2, 0.25) is 0 Å². The summed E-state index contributed by atoms with van der Waals surface area (Å²) in [6.07, 6.45) is 0. The first-order valence-electron chi connectivity index (χ1n) is 4.55. The van der Waals surface area contributed by atoms with Crippen molar-refractivity contribution in [2.24, 2.45) is 0 Å². The van der Waals surface area contributed by atoms with E-state index in [4.69, 9.17) is 22.1 Å². The number of ether oxygens (including phenoxy) is 1. The molecule has 0 aliphatic heterocycles. The van der Waals surface area contributed by atoms with Crippen LogP contribution in [0.3, 0.4) is 0 Å². The van der Waals surface area contributed by atoms with Crippen LogP contribution in [0.1, 0.15) is 25.7 Å². The number of aromatic nitrogens is 3. The monoisotopic (exact) mass is 217 g/mol. The molecule has 80 valence electrons. The maximum Gasteiger partial charge on any atom is 0.195 e. The van der Waals surface area contributed by atoms with E-state index in [0.717, 1.165) is 0 Å². The fraction of sp³-hybridized carbons (Fsp3) is 0.750. The Balaban J connectivity index is 2.81. The summed E-state index contributed by atoms with van der Waals surface area (Å²) >= 11 is 5.04. The molecule has 1 aromatic rings. The van der Waals surface area contributed by atoms with Crippen LogP contribution in [0.4, 0.5) is 0 Å². The summed E-state index contributed by atoms with van der Waals surface area (Å²) in [5, 5.41) is 15.6. The first-order valence-corrected chi connectivity index (χ1v) is 4.95. The lowest BCUT2D eigenvalue weighted by Crippen LogP contribution is -2.15. The summed E-state index contributed by atoms with van der Waals surface area (Å²) < 4.78 is 7.57. The molecule has 2 N–H and O–H groups in total. The lowest BCUT2D eigenvalue weighted by molar-refractivity contribution is 0.115. The zero-order valence-corrected chi connectivity index (χ0v) is 9.17. The molecule has 0 amide bonds. The highest BCUT2D eigenvalue weighted by Gasteiger charge is 2.11. The van der Waals surface area contributed by atoms with Gasteiger partial charge in [-0.05, 0) is 26.1 Å². The van der Waals surface area contributed by atoms with Crippen molar-refractivity contribution in [1.82, 2.24) is 14.8 Å². The predicted molar refractivity (Wildman–Crippen MR) is 54.5 cm³/mol. The normalized spacial score (nSPS) is 13.1. The molecule has 6 heteroatoms. The second-order valence-corrected chi connectivity index (χ2v) is 3.37. The van der Waals surface area contributed by atoms with Crippen LogP contribution in [0.15, 0.2) is 0 Å². The van der Waals surface area contributed by atoms with Crippen molar-refractivity contribution in [3.8, 4) is 0 Å². The van der Waals surface area contributed by atoms with Gasteiger partial charge in [-0.25, -0.2) is 0 Å². The van der Waals surface area contributed by atoms with Gasteiger partial charge in [0.15, 0.2) is 10.6 Å². The van der Waals surface area contributed by atoms with Crippen LogP contribution in [-0.4, -0.2) is 33.1 Å². The molecule has 14 heavy (non-hydrogen) atoms. The molecule has 1 unspecified atom stereocenters. The smallest absolute Gasteiger partial charge is 0.195 e.